The molecule has 0 saturated heterocycles. The fraction of sp³-hybridized carbons (Fsp3) is 0.571. The number of carboxylic acids is 1. The molecule has 0 aromatic carbocycles. The SMILES string of the molecule is Cn1c(=O)[nH]cc(C(=O)NC2(C(=O)O)CCCCCC2)c1=O. The van der Waals surface area contributed by atoms with E-state index in [0.717, 1.165) is 23.6 Å². The van der Waals surface area contributed by atoms with Crippen LogP contribution in [0.2, 0.25) is 0 Å². The minimum absolute atomic E-state index is 0.271. The molecule has 0 aliphatic heterocycles. The maximum atomic E-state index is 12.3. The van der Waals surface area contributed by atoms with Crippen molar-refractivity contribution >= 4 is 11.9 Å². The van der Waals surface area contributed by atoms with Gasteiger partial charge in [-0.3, -0.25) is 14.2 Å². The summed E-state index contributed by atoms with van der Waals surface area (Å²) in [6, 6.07) is 0. The molecule has 1 amide bonds. The van der Waals surface area contributed by atoms with Gasteiger partial charge >= 0.3 is 11.7 Å². The Morgan fingerprint density at radius 3 is 2.36 bits per heavy atom. The highest BCUT2D eigenvalue weighted by atomic mass is 16.4. The molecule has 1 aliphatic rings. The Labute approximate surface area is 126 Å². The maximum Gasteiger partial charge on any atom is 0.329 e. The lowest BCUT2D eigenvalue weighted by molar-refractivity contribution is -0.145. The second-order valence-electron chi connectivity index (χ2n) is 5.63. The summed E-state index contributed by atoms with van der Waals surface area (Å²) in [7, 11) is 1.25. The molecule has 2 rings (SSSR count). The third kappa shape index (κ3) is 2.95. The highest BCUT2D eigenvalue weighted by Gasteiger charge is 2.40. The van der Waals surface area contributed by atoms with Crippen LogP contribution in [-0.2, 0) is 11.8 Å². The number of rotatable bonds is 3. The minimum atomic E-state index is -1.35. The van der Waals surface area contributed by atoms with Gasteiger partial charge in [-0.25, -0.2) is 9.59 Å². The third-order valence-electron chi connectivity index (χ3n) is 4.14. The molecule has 1 saturated carbocycles. The number of hydrogen-bond donors (Lipinski definition) is 3. The number of aromatic nitrogens is 2. The largest absolute Gasteiger partial charge is 0.480 e. The van der Waals surface area contributed by atoms with Gasteiger partial charge in [0.2, 0.25) is 0 Å². The van der Waals surface area contributed by atoms with Crippen LogP contribution in [-0.4, -0.2) is 32.1 Å². The van der Waals surface area contributed by atoms with Gasteiger partial charge in [-0.2, -0.15) is 0 Å². The summed E-state index contributed by atoms with van der Waals surface area (Å²) < 4.78 is 0.773. The molecule has 1 fully saturated rings. The molecule has 120 valence electrons. The monoisotopic (exact) mass is 309 g/mol. The van der Waals surface area contributed by atoms with Crippen molar-refractivity contribution in [2.45, 2.75) is 44.1 Å². The van der Waals surface area contributed by atoms with Gasteiger partial charge in [0, 0.05) is 13.2 Å². The summed E-state index contributed by atoms with van der Waals surface area (Å²) >= 11 is 0. The topological polar surface area (TPSA) is 121 Å². The van der Waals surface area contributed by atoms with Crippen LogP contribution in [0.25, 0.3) is 0 Å². The normalized spacial score (nSPS) is 17.5. The first-order valence-electron chi connectivity index (χ1n) is 7.22. The first kappa shape index (κ1) is 16.0. The van der Waals surface area contributed by atoms with E-state index in [1.165, 1.54) is 7.05 Å². The number of aromatic amines is 1. The van der Waals surface area contributed by atoms with Gasteiger partial charge in [-0.1, -0.05) is 25.7 Å². The van der Waals surface area contributed by atoms with Crippen molar-refractivity contribution in [1.29, 1.82) is 0 Å². The van der Waals surface area contributed by atoms with E-state index >= 15 is 0 Å². The van der Waals surface area contributed by atoms with Crippen molar-refractivity contribution in [3.63, 3.8) is 0 Å². The molecule has 0 unspecified atom stereocenters. The highest BCUT2D eigenvalue weighted by molar-refractivity contribution is 5.97. The fourth-order valence-corrected chi connectivity index (χ4v) is 2.74. The van der Waals surface area contributed by atoms with E-state index < -0.39 is 28.7 Å². The van der Waals surface area contributed by atoms with Crippen LogP contribution in [0.15, 0.2) is 15.8 Å². The average molecular weight is 309 g/mol. The first-order chi connectivity index (χ1) is 10.4. The molecule has 1 aromatic heterocycles. The molecule has 3 N–H and O–H groups in total. The summed E-state index contributed by atoms with van der Waals surface area (Å²) in [6.07, 6.45) is 4.94. The van der Waals surface area contributed by atoms with Crippen molar-refractivity contribution in [2.75, 3.05) is 0 Å². The van der Waals surface area contributed by atoms with Crippen LogP contribution in [0.3, 0.4) is 0 Å². The Balaban J connectivity index is 2.33. The number of amides is 1. The van der Waals surface area contributed by atoms with Gasteiger partial charge < -0.3 is 15.4 Å². The molecular formula is C14H19N3O5. The van der Waals surface area contributed by atoms with Crippen LogP contribution < -0.4 is 16.6 Å². The molecule has 22 heavy (non-hydrogen) atoms. The van der Waals surface area contributed by atoms with E-state index in [9.17, 15) is 24.3 Å². The lowest BCUT2D eigenvalue weighted by Gasteiger charge is -2.29. The number of H-pyrrole nitrogens is 1. The van der Waals surface area contributed by atoms with Gasteiger partial charge in [0.1, 0.15) is 11.1 Å². The number of nitrogens with zero attached hydrogens (tertiary/aromatic N) is 1. The number of carbonyl (C=O) groups excluding carboxylic acids is 1. The molecule has 1 heterocycles. The Morgan fingerprint density at radius 1 is 1.23 bits per heavy atom. The lowest BCUT2D eigenvalue weighted by atomic mass is 9.90. The predicted octanol–water partition coefficient (Wildman–Crippen LogP) is -0.0190. The minimum Gasteiger partial charge on any atom is -0.480 e. The third-order valence-corrected chi connectivity index (χ3v) is 4.14. The van der Waals surface area contributed by atoms with Crippen molar-refractivity contribution < 1.29 is 14.7 Å². The van der Waals surface area contributed by atoms with Crippen molar-refractivity contribution in [2.24, 2.45) is 7.05 Å². The number of carboxylic acid groups (broad SMARTS) is 1. The van der Waals surface area contributed by atoms with Gasteiger partial charge in [-0.15, -0.1) is 0 Å². The second kappa shape index (κ2) is 6.17. The Morgan fingerprint density at radius 2 is 1.82 bits per heavy atom. The predicted molar refractivity (Wildman–Crippen MR) is 77.8 cm³/mol. The van der Waals surface area contributed by atoms with E-state index in [1.54, 1.807) is 0 Å². The van der Waals surface area contributed by atoms with Crippen molar-refractivity contribution in [3.8, 4) is 0 Å². The summed E-state index contributed by atoms with van der Waals surface area (Å²) in [6.45, 7) is 0. The zero-order valence-corrected chi connectivity index (χ0v) is 12.3. The Kier molecular flexibility index (Phi) is 4.48. The van der Waals surface area contributed by atoms with Gasteiger partial charge in [0.15, 0.2) is 0 Å². The van der Waals surface area contributed by atoms with Gasteiger partial charge in [0.05, 0.1) is 0 Å². The summed E-state index contributed by atoms with van der Waals surface area (Å²) in [4.78, 5) is 49.5. The zero-order valence-electron chi connectivity index (χ0n) is 12.3. The standard InChI is InChI=1S/C14H19N3O5/c1-17-11(19)9(8-15-13(17)22)10(18)16-14(12(20)21)6-4-2-3-5-7-14/h8H,2-7H2,1H3,(H,15,22)(H,16,18)(H,20,21). The van der Waals surface area contributed by atoms with Gasteiger partial charge in [-0.05, 0) is 12.8 Å². The van der Waals surface area contributed by atoms with E-state index in [2.05, 4.69) is 10.3 Å². The highest BCUT2D eigenvalue weighted by Crippen LogP contribution is 2.27. The van der Waals surface area contributed by atoms with E-state index in [-0.39, 0.29) is 5.56 Å². The Hall–Kier alpha value is -2.38. The smallest absolute Gasteiger partial charge is 0.329 e. The Bertz CT molecular complexity index is 695. The summed E-state index contributed by atoms with van der Waals surface area (Å²) in [5.74, 6) is -1.87. The van der Waals surface area contributed by atoms with Crippen LogP contribution in [0.5, 0.6) is 0 Å². The molecule has 8 nitrogen and oxygen atoms in total. The quantitative estimate of drug-likeness (QED) is 0.678. The molecule has 1 aliphatic carbocycles. The molecule has 0 atom stereocenters. The molecular weight excluding hydrogens is 290 g/mol. The number of hydrogen-bond acceptors (Lipinski definition) is 4. The summed E-state index contributed by atoms with van der Waals surface area (Å²) in [5, 5.41) is 12.0. The van der Waals surface area contributed by atoms with Crippen molar-refractivity contribution in [1.82, 2.24) is 14.9 Å². The van der Waals surface area contributed by atoms with Crippen LogP contribution in [0, 0.1) is 0 Å². The lowest BCUT2D eigenvalue weighted by Crippen LogP contribution is -2.55. The second-order valence-corrected chi connectivity index (χ2v) is 5.63. The van der Waals surface area contributed by atoms with E-state index in [0.29, 0.717) is 25.7 Å². The number of nitrogens with one attached hydrogen (secondary N) is 2. The van der Waals surface area contributed by atoms with E-state index in [1.807, 2.05) is 0 Å². The van der Waals surface area contributed by atoms with E-state index in [4.69, 9.17) is 0 Å². The average Bonchev–Trinajstić information content (AvgIpc) is 2.71. The van der Waals surface area contributed by atoms with Crippen LogP contribution >= 0.6 is 0 Å². The molecule has 0 bridgehead atoms. The molecule has 0 spiro atoms. The summed E-state index contributed by atoms with van der Waals surface area (Å²) in [5.41, 5.74) is -3.01. The molecule has 8 heteroatoms. The number of aliphatic carboxylic acids is 1. The van der Waals surface area contributed by atoms with Gasteiger partial charge in [0.25, 0.3) is 11.5 Å². The number of carbonyl (C=O) groups is 2. The van der Waals surface area contributed by atoms with Crippen LogP contribution in [0.1, 0.15) is 48.9 Å². The first-order valence-corrected chi connectivity index (χ1v) is 7.22. The van der Waals surface area contributed by atoms with Crippen molar-refractivity contribution in [3.05, 3.63) is 32.6 Å². The maximum absolute atomic E-state index is 12.3. The fourth-order valence-electron chi connectivity index (χ4n) is 2.74. The van der Waals surface area contributed by atoms with Crippen LogP contribution in [0.4, 0.5) is 0 Å². The molecule has 0 radical (unpaired) electrons. The molecule has 1 aromatic rings. The zero-order chi connectivity index (χ0) is 16.3.